The summed E-state index contributed by atoms with van der Waals surface area (Å²) < 4.78 is 5.49. The average molecular weight is 174 g/mol. The Morgan fingerprint density at radius 1 is 1.42 bits per heavy atom. The molecule has 0 aromatic carbocycles. The zero-order valence-corrected chi connectivity index (χ0v) is 8.76. The predicted octanol–water partition coefficient (Wildman–Crippen LogP) is 2.35. The molecular formula is C10H22O2. The number of hydrogen-bond acceptors (Lipinski definition) is 2. The van der Waals surface area contributed by atoms with E-state index in [0.29, 0.717) is 6.61 Å². The number of aliphatic hydroxyl groups is 1. The van der Waals surface area contributed by atoms with Crippen LogP contribution in [0, 0.1) is 0 Å². The summed E-state index contributed by atoms with van der Waals surface area (Å²) in [6.07, 6.45) is 3.22. The number of hydrogen-bond donors (Lipinski definition) is 1. The molecule has 0 rings (SSSR count). The van der Waals surface area contributed by atoms with Gasteiger partial charge in [0.1, 0.15) is 0 Å². The Morgan fingerprint density at radius 2 is 2.00 bits per heavy atom. The highest BCUT2D eigenvalue weighted by molar-refractivity contribution is 4.69. The Labute approximate surface area is 75.9 Å². The second-order valence-corrected chi connectivity index (χ2v) is 3.76. The Kier molecular flexibility index (Phi) is 5.51. The Balaban J connectivity index is 3.52. The van der Waals surface area contributed by atoms with Crippen LogP contribution in [-0.4, -0.2) is 23.4 Å². The molecule has 0 fully saturated rings. The van der Waals surface area contributed by atoms with Gasteiger partial charge >= 0.3 is 0 Å². The molecule has 0 aliphatic carbocycles. The molecule has 1 N–H and O–H groups in total. The van der Waals surface area contributed by atoms with Crippen molar-refractivity contribution in [1.29, 1.82) is 0 Å². The summed E-state index contributed by atoms with van der Waals surface area (Å²) in [6.45, 7) is 8.41. The highest BCUT2D eigenvalue weighted by Gasteiger charge is 2.18. The first-order valence-corrected chi connectivity index (χ1v) is 4.85. The van der Waals surface area contributed by atoms with Crippen LogP contribution >= 0.6 is 0 Å². The maximum Gasteiger partial charge on any atom is 0.0849 e. The Bertz CT molecular complexity index is 110. The third-order valence-corrected chi connectivity index (χ3v) is 2.14. The van der Waals surface area contributed by atoms with Crippen LogP contribution in [0.5, 0.6) is 0 Å². The zero-order valence-electron chi connectivity index (χ0n) is 8.76. The van der Waals surface area contributed by atoms with Crippen LogP contribution in [-0.2, 0) is 4.74 Å². The third-order valence-electron chi connectivity index (χ3n) is 2.14. The molecule has 2 nitrogen and oxygen atoms in total. The van der Waals surface area contributed by atoms with Gasteiger partial charge in [0.2, 0.25) is 0 Å². The molecule has 0 aliphatic heterocycles. The Hall–Kier alpha value is -0.0800. The fraction of sp³-hybridized carbons (Fsp3) is 1.00. The number of rotatable bonds is 6. The van der Waals surface area contributed by atoms with E-state index in [1.807, 2.05) is 13.8 Å². The van der Waals surface area contributed by atoms with Gasteiger partial charge in [-0.3, -0.25) is 0 Å². The predicted molar refractivity (Wildman–Crippen MR) is 51.2 cm³/mol. The molecule has 74 valence electrons. The highest BCUT2D eigenvalue weighted by Crippen LogP contribution is 2.11. The lowest BCUT2D eigenvalue weighted by molar-refractivity contribution is -0.0616. The molecular weight excluding hydrogens is 152 g/mol. The molecule has 2 atom stereocenters. The standard InChI is InChI=1S/C10H22O2/c1-5-7-9(3)12-8-10(4,11)6-2/h9,11H,5-8H2,1-4H3. The van der Waals surface area contributed by atoms with E-state index in [1.54, 1.807) is 0 Å². The summed E-state index contributed by atoms with van der Waals surface area (Å²) >= 11 is 0. The lowest BCUT2D eigenvalue weighted by Crippen LogP contribution is -2.31. The summed E-state index contributed by atoms with van der Waals surface area (Å²) in [5.41, 5.74) is -0.651. The van der Waals surface area contributed by atoms with Crippen molar-refractivity contribution < 1.29 is 9.84 Å². The van der Waals surface area contributed by atoms with Crippen molar-refractivity contribution in [2.24, 2.45) is 0 Å². The van der Waals surface area contributed by atoms with Gasteiger partial charge in [-0.2, -0.15) is 0 Å². The van der Waals surface area contributed by atoms with E-state index in [1.165, 1.54) is 0 Å². The first kappa shape index (κ1) is 11.9. The molecule has 0 aliphatic rings. The molecule has 2 unspecified atom stereocenters. The molecule has 0 spiro atoms. The zero-order chi connectivity index (χ0) is 9.61. The van der Waals surface area contributed by atoms with Crippen LogP contribution in [0.3, 0.4) is 0 Å². The van der Waals surface area contributed by atoms with E-state index in [2.05, 4.69) is 13.8 Å². The van der Waals surface area contributed by atoms with Gasteiger partial charge in [0.15, 0.2) is 0 Å². The summed E-state index contributed by atoms with van der Waals surface area (Å²) in [5, 5.41) is 9.62. The van der Waals surface area contributed by atoms with Crippen molar-refractivity contribution in [2.75, 3.05) is 6.61 Å². The van der Waals surface area contributed by atoms with Gasteiger partial charge in [0, 0.05) is 0 Å². The molecule has 0 heterocycles. The van der Waals surface area contributed by atoms with Crippen LogP contribution < -0.4 is 0 Å². The molecule has 2 heteroatoms. The van der Waals surface area contributed by atoms with Crippen LogP contribution in [0.4, 0.5) is 0 Å². The van der Waals surface area contributed by atoms with Crippen LogP contribution in [0.2, 0.25) is 0 Å². The van der Waals surface area contributed by atoms with Gasteiger partial charge in [0.05, 0.1) is 18.3 Å². The van der Waals surface area contributed by atoms with Gasteiger partial charge in [-0.15, -0.1) is 0 Å². The van der Waals surface area contributed by atoms with E-state index < -0.39 is 5.60 Å². The summed E-state index contributed by atoms with van der Waals surface area (Å²) in [6, 6.07) is 0. The van der Waals surface area contributed by atoms with Gasteiger partial charge in [-0.25, -0.2) is 0 Å². The normalized spacial score (nSPS) is 18.8. The van der Waals surface area contributed by atoms with Crippen LogP contribution in [0.1, 0.15) is 47.0 Å². The molecule has 12 heavy (non-hydrogen) atoms. The molecule has 0 aromatic rings. The van der Waals surface area contributed by atoms with Gasteiger partial charge in [-0.1, -0.05) is 20.3 Å². The second kappa shape index (κ2) is 5.55. The smallest absolute Gasteiger partial charge is 0.0849 e. The third kappa shape index (κ3) is 5.56. The van der Waals surface area contributed by atoms with E-state index in [9.17, 15) is 5.11 Å². The van der Waals surface area contributed by atoms with Crippen LogP contribution in [0.15, 0.2) is 0 Å². The minimum absolute atomic E-state index is 0.271. The van der Waals surface area contributed by atoms with E-state index in [0.717, 1.165) is 19.3 Å². The fourth-order valence-electron chi connectivity index (χ4n) is 0.914. The first-order valence-electron chi connectivity index (χ1n) is 4.85. The van der Waals surface area contributed by atoms with Crippen molar-refractivity contribution in [1.82, 2.24) is 0 Å². The molecule has 0 saturated heterocycles. The quantitative estimate of drug-likeness (QED) is 0.669. The average Bonchev–Trinajstić information content (AvgIpc) is 2.02. The van der Waals surface area contributed by atoms with Crippen molar-refractivity contribution in [3.05, 3.63) is 0 Å². The number of ether oxygens (including phenoxy) is 1. The Morgan fingerprint density at radius 3 is 2.42 bits per heavy atom. The maximum absolute atomic E-state index is 9.62. The van der Waals surface area contributed by atoms with Crippen molar-refractivity contribution in [3.63, 3.8) is 0 Å². The van der Waals surface area contributed by atoms with E-state index in [-0.39, 0.29) is 6.10 Å². The lowest BCUT2D eigenvalue weighted by atomic mass is 10.1. The fourth-order valence-corrected chi connectivity index (χ4v) is 0.914. The van der Waals surface area contributed by atoms with Gasteiger partial charge < -0.3 is 9.84 Å². The van der Waals surface area contributed by atoms with Gasteiger partial charge in [-0.05, 0) is 26.7 Å². The SMILES string of the molecule is CCCC(C)OCC(C)(O)CC. The second-order valence-electron chi connectivity index (χ2n) is 3.76. The molecule has 0 bridgehead atoms. The highest BCUT2D eigenvalue weighted by atomic mass is 16.5. The van der Waals surface area contributed by atoms with Crippen molar-refractivity contribution >= 4 is 0 Å². The largest absolute Gasteiger partial charge is 0.388 e. The maximum atomic E-state index is 9.62. The lowest BCUT2D eigenvalue weighted by Gasteiger charge is -2.23. The van der Waals surface area contributed by atoms with Crippen molar-refractivity contribution in [2.45, 2.75) is 58.7 Å². The monoisotopic (exact) mass is 174 g/mol. The first-order chi connectivity index (χ1) is 5.52. The topological polar surface area (TPSA) is 29.5 Å². The molecule has 0 radical (unpaired) electrons. The molecule has 0 aromatic heterocycles. The van der Waals surface area contributed by atoms with E-state index in [4.69, 9.17) is 4.74 Å². The minimum atomic E-state index is -0.651. The van der Waals surface area contributed by atoms with E-state index >= 15 is 0 Å². The van der Waals surface area contributed by atoms with Gasteiger partial charge in [0.25, 0.3) is 0 Å². The molecule has 0 amide bonds. The summed E-state index contributed by atoms with van der Waals surface area (Å²) in [4.78, 5) is 0. The van der Waals surface area contributed by atoms with Crippen molar-refractivity contribution in [3.8, 4) is 0 Å². The molecule has 0 saturated carbocycles. The summed E-state index contributed by atoms with van der Waals surface area (Å²) in [5.74, 6) is 0. The van der Waals surface area contributed by atoms with Crippen LogP contribution in [0.25, 0.3) is 0 Å². The summed E-state index contributed by atoms with van der Waals surface area (Å²) in [7, 11) is 0. The minimum Gasteiger partial charge on any atom is -0.388 e.